The van der Waals surface area contributed by atoms with Crippen LogP contribution in [0.3, 0.4) is 0 Å². The molecule has 3 aliphatic rings. The van der Waals surface area contributed by atoms with Crippen molar-refractivity contribution in [2.45, 2.75) is 108 Å². The molecule has 4 rings (SSSR count). The van der Waals surface area contributed by atoms with Crippen LogP contribution in [0.25, 0.3) is 0 Å². The van der Waals surface area contributed by atoms with Gasteiger partial charge in [-0.25, -0.2) is 19.2 Å². The van der Waals surface area contributed by atoms with Crippen molar-refractivity contribution in [1.82, 2.24) is 15.5 Å². The molecule has 8 unspecified atom stereocenters. The first-order valence-electron chi connectivity index (χ1n) is 18.4. The van der Waals surface area contributed by atoms with E-state index >= 15 is 0 Å². The highest BCUT2D eigenvalue weighted by Crippen LogP contribution is 2.49. The van der Waals surface area contributed by atoms with Gasteiger partial charge in [-0.15, -0.1) is 0 Å². The van der Waals surface area contributed by atoms with Gasteiger partial charge in [-0.2, -0.15) is 11.8 Å². The number of nitrogens with one attached hydrogen (secondary N) is 2. The third-order valence-corrected chi connectivity index (χ3v) is 11.6. The average molecular weight is 805 g/mol. The molecule has 56 heavy (non-hydrogen) atoms. The van der Waals surface area contributed by atoms with Crippen LogP contribution in [0.1, 0.15) is 58.1 Å². The second-order valence-electron chi connectivity index (χ2n) is 14.9. The average Bonchev–Trinajstić information content (AvgIpc) is 3.84. The summed E-state index contributed by atoms with van der Waals surface area (Å²) in [4.78, 5) is 68.3. The summed E-state index contributed by atoms with van der Waals surface area (Å²) in [5.74, 6) is -1.99. The topological polar surface area (TPSA) is 206 Å². The first-order chi connectivity index (χ1) is 26.3. The van der Waals surface area contributed by atoms with Crippen LogP contribution in [0.4, 0.5) is 15.3 Å². The van der Waals surface area contributed by atoms with Gasteiger partial charge in [0.1, 0.15) is 41.7 Å². The maximum Gasteiger partial charge on any atom is 0.409 e. The SMILES string of the molecule is COc1cc2cc(c1C)N(C)C(=O)CC(OC(=O)[C@H](C)N(C)C(=O)NC(CCSC)C(=O)O)C1(C)OC1C(C)C1CC(O)(NC(=O)O1)C(OC)/C=C/C=C(\C)C2. The van der Waals surface area contributed by atoms with Crippen LogP contribution < -0.4 is 20.3 Å². The number of benzene rings is 1. The van der Waals surface area contributed by atoms with Crippen molar-refractivity contribution in [3.63, 3.8) is 0 Å². The Kier molecular flexibility index (Phi) is 14.5. The molecule has 4 amide bonds. The van der Waals surface area contributed by atoms with Gasteiger partial charge in [0, 0.05) is 39.1 Å². The van der Waals surface area contributed by atoms with Crippen LogP contribution in [0.5, 0.6) is 5.75 Å². The zero-order chi connectivity index (χ0) is 41.7. The van der Waals surface area contributed by atoms with Gasteiger partial charge in [-0.1, -0.05) is 30.7 Å². The Morgan fingerprint density at radius 2 is 1.91 bits per heavy atom. The Bertz CT molecular complexity index is 1720. The number of nitrogens with zero attached hydrogens (tertiary/aromatic N) is 2. The number of rotatable bonds is 10. The molecule has 3 heterocycles. The predicted molar refractivity (Wildman–Crippen MR) is 209 cm³/mol. The molecular formula is C39H56N4O12S. The number of methoxy groups -OCH3 is 2. The number of carbonyl (C=O) groups excluding carboxylic acids is 4. The minimum absolute atomic E-state index is 0.0797. The molecule has 2 fully saturated rings. The summed E-state index contributed by atoms with van der Waals surface area (Å²) in [6.07, 6.45) is 2.73. The third-order valence-electron chi connectivity index (χ3n) is 11.0. The monoisotopic (exact) mass is 804 g/mol. The van der Waals surface area contributed by atoms with Crippen LogP contribution >= 0.6 is 11.8 Å². The molecule has 0 aliphatic carbocycles. The number of alkyl carbamates (subject to hydrolysis) is 1. The fourth-order valence-electron chi connectivity index (χ4n) is 7.18. The predicted octanol–water partition coefficient (Wildman–Crippen LogP) is 3.56. The number of allylic oxidation sites excluding steroid dienone is 3. The van der Waals surface area contributed by atoms with Gasteiger partial charge in [0.2, 0.25) is 5.91 Å². The fourth-order valence-corrected chi connectivity index (χ4v) is 7.65. The standard InChI is InChI=1S/C39H56N4O12S/c1-21-12-11-13-30(52-9)39(50)20-29(53-37(49)41-39)23(3)33-38(5,55-33)31(19-32(44)43(7)27-17-25(16-21)18-28(51-8)22(27)2)54-35(47)24(4)42(6)36(48)40-26(34(45)46)14-15-56-10/h11-13,17-18,23-24,26,29-31,33,50H,14-16,19-20H2,1-10H3,(H,40,48)(H,41,49)(H,45,46)/b13-11+,21-12+/t23?,24-,26?,29?,30?,31?,33?,38?,39?/m0/s1. The number of urea groups is 1. The minimum Gasteiger partial charge on any atom is -0.496 e. The maximum atomic E-state index is 14.2. The van der Waals surface area contributed by atoms with E-state index in [1.807, 2.05) is 38.3 Å². The number of carbonyl (C=O) groups is 5. The molecule has 17 heteroatoms. The molecule has 4 bridgehead atoms. The summed E-state index contributed by atoms with van der Waals surface area (Å²) in [7, 11) is 5.93. The van der Waals surface area contributed by atoms with Crippen molar-refractivity contribution in [2.75, 3.05) is 45.2 Å². The number of hydrogen-bond acceptors (Lipinski definition) is 12. The van der Waals surface area contributed by atoms with E-state index in [0.717, 1.165) is 16.0 Å². The number of amides is 4. The summed E-state index contributed by atoms with van der Waals surface area (Å²) < 4.78 is 29.3. The molecule has 0 spiro atoms. The number of anilines is 1. The van der Waals surface area contributed by atoms with Gasteiger partial charge in [-0.05, 0) is 70.2 Å². The lowest BCUT2D eigenvalue weighted by Crippen LogP contribution is -2.63. The van der Waals surface area contributed by atoms with Crippen LogP contribution in [-0.2, 0) is 39.8 Å². The Morgan fingerprint density at radius 3 is 2.54 bits per heavy atom. The maximum absolute atomic E-state index is 14.2. The molecular weight excluding hydrogens is 749 g/mol. The van der Waals surface area contributed by atoms with E-state index in [9.17, 15) is 34.2 Å². The number of aliphatic hydroxyl groups is 1. The summed E-state index contributed by atoms with van der Waals surface area (Å²) in [5, 5.41) is 26.3. The summed E-state index contributed by atoms with van der Waals surface area (Å²) in [5.41, 5.74) is -0.0361. The van der Waals surface area contributed by atoms with Gasteiger partial charge in [0.05, 0.1) is 25.3 Å². The highest BCUT2D eigenvalue weighted by atomic mass is 32.2. The third kappa shape index (κ3) is 9.97. The van der Waals surface area contributed by atoms with Gasteiger partial charge in [-0.3, -0.25) is 10.1 Å². The van der Waals surface area contributed by atoms with E-state index in [1.165, 1.54) is 37.7 Å². The quantitative estimate of drug-likeness (QED) is 0.198. The molecule has 16 nitrogen and oxygen atoms in total. The smallest absolute Gasteiger partial charge is 0.409 e. The fraction of sp³-hybridized carbons (Fsp3) is 0.615. The lowest BCUT2D eigenvalue weighted by atomic mass is 9.83. The van der Waals surface area contributed by atoms with Gasteiger partial charge in [0.15, 0.2) is 5.72 Å². The van der Waals surface area contributed by atoms with Crippen molar-refractivity contribution < 1.29 is 57.9 Å². The van der Waals surface area contributed by atoms with Crippen molar-refractivity contribution in [3.8, 4) is 5.75 Å². The second kappa shape index (κ2) is 18.3. The number of aliphatic carboxylic acids is 1. The Balaban J connectivity index is 1.72. The number of carboxylic acid groups (broad SMARTS) is 1. The number of ether oxygens (including phenoxy) is 5. The first kappa shape index (κ1) is 44.4. The number of carboxylic acids is 1. The van der Waals surface area contributed by atoms with Gasteiger partial charge >= 0.3 is 24.1 Å². The Hall–Kier alpha value is -4.32. The molecule has 1 aromatic carbocycles. The summed E-state index contributed by atoms with van der Waals surface area (Å²) in [6.45, 7) is 8.66. The van der Waals surface area contributed by atoms with Gasteiger partial charge in [0.25, 0.3) is 0 Å². The van der Waals surface area contributed by atoms with E-state index < -0.39 is 83.7 Å². The lowest BCUT2D eigenvalue weighted by Gasteiger charge is -2.42. The normalized spacial score (nSPS) is 30.6. The number of hydrogen-bond donors (Lipinski definition) is 4. The van der Waals surface area contributed by atoms with E-state index in [1.54, 1.807) is 40.2 Å². The first-order valence-corrected chi connectivity index (χ1v) is 19.8. The molecule has 9 atom stereocenters. The number of thioether (sulfide) groups is 1. The zero-order valence-electron chi connectivity index (χ0n) is 33.7. The molecule has 0 radical (unpaired) electrons. The van der Waals surface area contributed by atoms with E-state index in [-0.39, 0.29) is 19.3 Å². The van der Waals surface area contributed by atoms with Crippen LogP contribution in [0, 0.1) is 12.8 Å². The van der Waals surface area contributed by atoms with Crippen molar-refractivity contribution in [3.05, 3.63) is 47.1 Å². The Morgan fingerprint density at radius 1 is 1.21 bits per heavy atom. The highest BCUT2D eigenvalue weighted by Gasteiger charge is 2.64. The van der Waals surface area contributed by atoms with Crippen molar-refractivity contribution >= 4 is 47.4 Å². The number of esters is 1. The van der Waals surface area contributed by atoms with Gasteiger partial charge < -0.3 is 49.0 Å². The molecule has 310 valence electrons. The number of likely N-dealkylation sites (N-methyl/N-ethyl adjacent to an activating group) is 1. The highest BCUT2D eigenvalue weighted by molar-refractivity contribution is 7.98. The summed E-state index contributed by atoms with van der Waals surface area (Å²) in [6, 6.07) is 0.621. The minimum atomic E-state index is -1.85. The van der Waals surface area contributed by atoms with Crippen molar-refractivity contribution in [2.24, 2.45) is 5.92 Å². The second-order valence-corrected chi connectivity index (χ2v) is 15.9. The largest absolute Gasteiger partial charge is 0.496 e. The zero-order valence-corrected chi connectivity index (χ0v) is 34.6. The number of fused-ring (bicyclic) bond motifs is 5. The molecule has 1 aromatic rings. The Labute approximate surface area is 332 Å². The summed E-state index contributed by atoms with van der Waals surface area (Å²) >= 11 is 1.43. The molecule has 0 saturated carbocycles. The van der Waals surface area contributed by atoms with Crippen LogP contribution in [-0.4, -0.2) is 133 Å². The van der Waals surface area contributed by atoms with Crippen LogP contribution in [0.15, 0.2) is 35.9 Å². The van der Waals surface area contributed by atoms with E-state index in [2.05, 4.69) is 10.6 Å². The molecule has 2 saturated heterocycles. The lowest BCUT2D eigenvalue weighted by molar-refractivity contribution is -0.158. The van der Waals surface area contributed by atoms with Crippen molar-refractivity contribution in [1.29, 1.82) is 0 Å². The number of epoxide rings is 1. The molecule has 4 N–H and O–H groups in total. The van der Waals surface area contributed by atoms with Crippen LogP contribution in [0.2, 0.25) is 0 Å². The molecule has 3 aliphatic heterocycles. The molecule has 0 aromatic heterocycles. The van der Waals surface area contributed by atoms with E-state index in [4.69, 9.17) is 23.7 Å². The van der Waals surface area contributed by atoms with E-state index in [0.29, 0.717) is 29.2 Å².